The molecule has 0 unspecified atom stereocenters. The predicted molar refractivity (Wildman–Crippen MR) is 72.3 cm³/mol. The van der Waals surface area contributed by atoms with E-state index in [1.807, 2.05) is 37.1 Å². The molecular formula is C9H15B3N2O. The molecule has 1 aromatic carbocycles. The third kappa shape index (κ3) is 3.74. The van der Waals surface area contributed by atoms with Gasteiger partial charge in [-0.3, -0.25) is 4.79 Å². The van der Waals surface area contributed by atoms with Gasteiger partial charge < -0.3 is 10.0 Å². The van der Waals surface area contributed by atoms with E-state index < -0.39 is 0 Å². The van der Waals surface area contributed by atoms with Crippen LogP contribution in [0.3, 0.4) is 0 Å². The van der Waals surface area contributed by atoms with Crippen molar-refractivity contribution in [2.24, 2.45) is 0 Å². The van der Waals surface area contributed by atoms with E-state index in [-0.39, 0.29) is 5.78 Å². The summed E-state index contributed by atoms with van der Waals surface area (Å²) in [5.41, 5.74) is 2.17. The maximum atomic E-state index is 10.9. The van der Waals surface area contributed by atoms with Crippen molar-refractivity contribution in [3.05, 3.63) is 24.3 Å². The number of nitrogens with zero attached hydrogens (tertiary/aromatic N) is 1. The van der Waals surface area contributed by atoms with Gasteiger partial charge in [-0.05, 0) is 31.2 Å². The first-order valence-corrected chi connectivity index (χ1v) is 5.18. The number of benzene rings is 1. The van der Waals surface area contributed by atoms with Crippen LogP contribution in [-0.4, -0.2) is 35.4 Å². The van der Waals surface area contributed by atoms with Crippen LogP contribution in [0.15, 0.2) is 24.3 Å². The Labute approximate surface area is 93.3 Å². The summed E-state index contributed by atoms with van der Waals surface area (Å²) in [6.45, 7) is 2.06. The molecule has 0 fully saturated rings. The lowest BCUT2D eigenvalue weighted by molar-refractivity contribution is -0.115. The van der Waals surface area contributed by atoms with Gasteiger partial charge in [0.15, 0.2) is 7.31 Å². The second-order valence-electron chi connectivity index (χ2n) is 3.64. The number of nitrogens with one attached hydrogen (secondary N) is 1. The molecule has 3 nitrogen and oxygen atoms in total. The Morgan fingerprint density at radius 1 is 1.47 bits per heavy atom. The van der Waals surface area contributed by atoms with Crippen molar-refractivity contribution in [1.82, 2.24) is 0 Å². The second kappa shape index (κ2) is 5.54. The average Bonchev–Trinajstić information content (AvgIpc) is 2.18. The third-order valence-corrected chi connectivity index (χ3v) is 2.15. The van der Waals surface area contributed by atoms with Gasteiger partial charge in [-0.25, -0.2) is 0 Å². The first-order chi connectivity index (χ1) is 7.13. The molecule has 6 heteroatoms. The van der Waals surface area contributed by atoms with Gasteiger partial charge >= 0.3 is 0 Å². The molecule has 0 aliphatic carbocycles. The fraction of sp³-hybridized carbons (Fsp3) is 0.222. The van der Waals surface area contributed by atoms with Crippen LogP contribution in [0.2, 0.25) is 0 Å². The van der Waals surface area contributed by atoms with E-state index in [2.05, 4.69) is 13.0 Å². The Morgan fingerprint density at radius 3 is 2.53 bits per heavy atom. The van der Waals surface area contributed by atoms with Crippen LogP contribution in [-0.2, 0) is 4.79 Å². The number of Topliss-reactive ketones (excluding diaryl/α,β-unsaturated/α-hetero) is 1. The summed E-state index contributed by atoms with van der Waals surface area (Å²) in [6.07, 6.45) is 0. The molecule has 0 radical (unpaired) electrons. The molecule has 15 heavy (non-hydrogen) atoms. The largest absolute Gasteiger partial charge is 0.439 e. The van der Waals surface area contributed by atoms with Crippen LogP contribution >= 0.6 is 0 Å². The zero-order chi connectivity index (χ0) is 11.3. The molecule has 0 aliphatic rings. The Hall–Kier alpha value is -1.32. The summed E-state index contributed by atoms with van der Waals surface area (Å²) in [5.74, 6) is 0.174. The molecule has 0 saturated carbocycles. The van der Waals surface area contributed by atoms with Crippen LogP contribution in [0.4, 0.5) is 11.4 Å². The number of rotatable bonds is 5. The minimum absolute atomic E-state index is 0.174. The molecule has 0 heterocycles. The van der Waals surface area contributed by atoms with Gasteiger partial charge in [0.25, 0.3) is 0 Å². The van der Waals surface area contributed by atoms with Crippen molar-refractivity contribution in [2.45, 2.75) is 6.92 Å². The van der Waals surface area contributed by atoms with Crippen molar-refractivity contribution in [1.29, 1.82) is 0 Å². The van der Waals surface area contributed by atoms with Crippen LogP contribution < -0.4 is 10.0 Å². The Bertz CT molecular complexity index is 329. The van der Waals surface area contributed by atoms with Gasteiger partial charge in [0.1, 0.15) is 5.78 Å². The minimum Gasteiger partial charge on any atom is -0.439 e. The van der Waals surface area contributed by atoms with Gasteiger partial charge in [0.05, 0.1) is 14.3 Å². The summed E-state index contributed by atoms with van der Waals surface area (Å²) in [6, 6.07) is 8.08. The highest BCUT2D eigenvalue weighted by Gasteiger charge is 2.02. The van der Waals surface area contributed by atoms with E-state index in [0.717, 1.165) is 18.7 Å². The normalized spacial score (nSPS) is 9.40. The topological polar surface area (TPSA) is 32.3 Å². The lowest BCUT2D eigenvalue weighted by Gasteiger charge is -2.18. The molecule has 0 saturated heterocycles. The Balaban J connectivity index is 2.66. The zero-order valence-electron chi connectivity index (χ0n) is 9.58. The lowest BCUT2D eigenvalue weighted by Crippen LogP contribution is -2.25. The molecule has 1 aromatic rings. The van der Waals surface area contributed by atoms with Crippen LogP contribution in [0.1, 0.15) is 6.92 Å². The standard InChI is InChI=1S/C9H15B3N2O/c1-7(15)6-14(11)9-4-2-8(3-5-9)13-12-10/h2-5,12-13H,6,10-11H2,1H3. The number of carbonyl (C=O) groups excluding carboxylic acids is 1. The molecule has 1 rings (SSSR count). The second-order valence-corrected chi connectivity index (χ2v) is 3.64. The van der Waals surface area contributed by atoms with Crippen molar-refractivity contribution in [3.63, 3.8) is 0 Å². The number of carbonyl (C=O) groups is 1. The van der Waals surface area contributed by atoms with E-state index >= 15 is 0 Å². The first kappa shape index (κ1) is 11.8. The van der Waals surface area contributed by atoms with Crippen LogP contribution in [0.5, 0.6) is 0 Å². The van der Waals surface area contributed by atoms with Crippen molar-refractivity contribution in [3.8, 4) is 0 Å². The number of hydrogen-bond acceptors (Lipinski definition) is 3. The van der Waals surface area contributed by atoms with Crippen molar-refractivity contribution < 1.29 is 4.79 Å². The van der Waals surface area contributed by atoms with Gasteiger partial charge in [0, 0.05) is 11.4 Å². The molecule has 76 valence electrons. The quantitative estimate of drug-likeness (QED) is 0.614. The number of anilines is 2. The van der Waals surface area contributed by atoms with E-state index in [1.165, 1.54) is 0 Å². The SMILES string of the molecule is BBNc1ccc(N(B)CC(C)=O)cc1. The van der Waals surface area contributed by atoms with Crippen molar-refractivity contribution >= 4 is 40.2 Å². The highest BCUT2D eigenvalue weighted by molar-refractivity contribution is 6.91. The van der Waals surface area contributed by atoms with Gasteiger partial charge in [-0.15, -0.1) is 0 Å². The van der Waals surface area contributed by atoms with Gasteiger partial charge in [0.2, 0.25) is 7.98 Å². The zero-order valence-corrected chi connectivity index (χ0v) is 9.58. The molecule has 0 bridgehead atoms. The highest BCUT2D eigenvalue weighted by Crippen LogP contribution is 2.15. The fourth-order valence-corrected chi connectivity index (χ4v) is 1.46. The summed E-state index contributed by atoms with van der Waals surface area (Å²) in [7, 11) is 4.90. The number of ketones is 1. The van der Waals surface area contributed by atoms with Crippen LogP contribution in [0.25, 0.3) is 0 Å². The fourth-order valence-electron chi connectivity index (χ4n) is 1.46. The smallest absolute Gasteiger partial charge is 0.218 e. The lowest BCUT2D eigenvalue weighted by atomic mass is 9.67. The molecule has 0 atom stereocenters. The molecular weight excluding hydrogens is 185 g/mol. The Kier molecular flexibility index (Phi) is 4.34. The molecule has 0 aromatic heterocycles. The first-order valence-electron chi connectivity index (χ1n) is 5.18. The van der Waals surface area contributed by atoms with E-state index in [1.54, 1.807) is 6.92 Å². The van der Waals surface area contributed by atoms with E-state index in [0.29, 0.717) is 6.54 Å². The van der Waals surface area contributed by atoms with Gasteiger partial charge in [-0.2, -0.15) is 0 Å². The maximum Gasteiger partial charge on any atom is 0.218 e. The molecule has 0 amide bonds. The molecule has 0 aliphatic heterocycles. The van der Waals surface area contributed by atoms with E-state index in [4.69, 9.17) is 0 Å². The van der Waals surface area contributed by atoms with Gasteiger partial charge in [-0.1, -0.05) is 0 Å². The molecule has 0 spiro atoms. The van der Waals surface area contributed by atoms with Crippen LogP contribution in [0, 0.1) is 0 Å². The summed E-state index contributed by atoms with van der Waals surface area (Å²) >= 11 is 0. The van der Waals surface area contributed by atoms with Crippen molar-refractivity contribution in [2.75, 3.05) is 16.6 Å². The monoisotopic (exact) mass is 200 g/mol. The summed E-state index contributed by atoms with van der Waals surface area (Å²) < 4.78 is 0. The average molecular weight is 200 g/mol. The third-order valence-electron chi connectivity index (χ3n) is 2.15. The highest BCUT2D eigenvalue weighted by atomic mass is 16.1. The van der Waals surface area contributed by atoms with E-state index in [9.17, 15) is 4.79 Å². The summed E-state index contributed by atoms with van der Waals surface area (Å²) in [4.78, 5) is 12.9. The summed E-state index contributed by atoms with van der Waals surface area (Å²) in [5, 5.41) is 3.23. The molecule has 1 N–H and O–H groups in total. The maximum absolute atomic E-state index is 10.9. The number of hydrogen-bond donors (Lipinski definition) is 1. The Morgan fingerprint density at radius 2 is 2.07 bits per heavy atom. The predicted octanol–water partition coefficient (Wildman–Crippen LogP) is -1.06. The minimum atomic E-state index is 0.174.